The normalized spacial score (nSPS) is 11.4. The Morgan fingerprint density at radius 3 is 2.05 bits per heavy atom. The van der Waals surface area contributed by atoms with Gasteiger partial charge in [-0.2, -0.15) is 0 Å². The maximum Gasteiger partial charge on any atom is 0.573 e. The summed E-state index contributed by atoms with van der Waals surface area (Å²) < 4.78 is 67.0. The van der Waals surface area contributed by atoms with Gasteiger partial charge in [-0.25, -0.2) is 8.78 Å². The number of rotatable bonds is 2. The van der Waals surface area contributed by atoms with Gasteiger partial charge < -0.3 is 10.5 Å². The van der Waals surface area contributed by atoms with Gasteiger partial charge in [0, 0.05) is 0 Å². The molecule has 0 aliphatic heterocycles. The van der Waals surface area contributed by atoms with Gasteiger partial charge in [0.1, 0.15) is 11.6 Å². The highest BCUT2D eigenvalue weighted by Crippen LogP contribution is 2.31. The number of hydrogen-bond donors (Lipinski definition) is 1. The van der Waals surface area contributed by atoms with E-state index >= 15 is 0 Å². The maximum atomic E-state index is 13.7. The first-order valence-corrected chi connectivity index (χ1v) is 5.37. The Balaban J connectivity index is 2.38. The zero-order valence-electron chi connectivity index (χ0n) is 9.84. The van der Waals surface area contributed by atoms with E-state index in [9.17, 15) is 22.0 Å². The molecule has 0 aliphatic rings. The van der Waals surface area contributed by atoms with Crippen molar-refractivity contribution >= 4 is 5.69 Å². The minimum atomic E-state index is -4.82. The summed E-state index contributed by atoms with van der Waals surface area (Å²) in [6.45, 7) is 0. The molecule has 0 saturated heterocycles. The first kappa shape index (κ1) is 14.1. The lowest BCUT2D eigenvalue weighted by molar-refractivity contribution is -0.274. The van der Waals surface area contributed by atoms with Gasteiger partial charge in [0.25, 0.3) is 0 Å². The molecule has 2 N–H and O–H groups in total. The van der Waals surface area contributed by atoms with Crippen LogP contribution in [0.25, 0.3) is 11.1 Å². The molecule has 0 aliphatic carbocycles. The number of benzene rings is 2. The molecular formula is C13H8F5NO. The molecule has 2 aromatic carbocycles. The van der Waals surface area contributed by atoms with E-state index in [1.807, 2.05) is 0 Å². The minimum absolute atomic E-state index is 0.0572. The third-order valence-corrected chi connectivity index (χ3v) is 2.50. The molecule has 2 aromatic rings. The molecule has 2 rings (SSSR count). The number of nitrogen functional groups attached to an aromatic ring is 1. The zero-order chi connectivity index (χ0) is 14.9. The van der Waals surface area contributed by atoms with Gasteiger partial charge in [-0.15, -0.1) is 13.2 Å². The Kier molecular flexibility index (Phi) is 3.52. The van der Waals surface area contributed by atoms with Crippen LogP contribution >= 0.6 is 0 Å². The molecule has 0 unspecified atom stereocenters. The Morgan fingerprint density at radius 2 is 1.50 bits per heavy atom. The Morgan fingerprint density at radius 1 is 0.900 bits per heavy atom. The van der Waals surface area contributed by atoms with Crippen molar-refractivity contribution in [3.05, 3.63) is 48.0 Å². The molecule has 0 fully saturated rings. The predicted molar refractivity (Wildman–Crippen MR) is 62.9 cm³/mol. The van der Waals surface area contributed by atoms with Crippen LogP contribution in [0.15, 0.2) is 36.4 Å². The van der Waals surface area contributed by atoms with E-state index in [1.54, 1.807) is 0 Å². The lowest BCUT2D eigenvalue weighted by atomic mass is 10.0. The van der Waals surface area contributed by atoms with Crippen LogP contribution in [0.3, 0.4) is 0 Å². The van der Waals surface area contributed by atoms with Gasteiger partial charge in [-0.05, 0) is 29.8 Å². The van der Waals surface area contributed by atoms with Gasteiger partial charge in [0.15, 0.2) is 5.82 Å². The number of halogens is 5. The van der Waals surface area contributed by atoms with Crippen LogP contribution in [-0.2, 0) is 0 Å². The van der Waals surface area contributed by atoms with E-state index in [1.165, 1.54) is 0 Å². The number of nitrogens with two attached hydrogens (primary N) is 1. The van der Waals surface area contributed by atoms with Gasteiger partial charge in [-0.3, -0.25) is 0 Å². The van der Waals surface area contributed by atoms with Crippen LogP contribution in [0.2, 0.25) is 0 Å². The first-order chi connectivity index (χ1) is 9.28. The summed E-state index contributed by atoms with van der Waals surface area (Å²) in [7, 11) is 0. The molecule has 7 heteroatoms. The van der Waals surface area contributed by atoms with Crippen LogP contribution in [-0.4, -0.2) is 6.36 Å². The predicted octanol–water partition coefficient (Wildman–Crippen LogP) is 4.11. The maximum absolute atomic E-state index is 13.7. The summed E-state index contributed by atoms with van der Waals surface area (Å²) in [6.07, 6.45) is -4.82. The molecule has 0 aromatic heterocycles. The van der Waals surface area contributed by atoms with E-state index in [2.05, 4.69) is 4.74 Å². The molecular weight excluding hydrogens is 281 g/mol. The van der Waals surface area contributed by atoms with E-state index < -0.39 is 29.3 Å². The van der Waals surface area contributed by atoms with Crippen LogP contribution in [0.1, 0.15) is 0 Å². The van der Waals surface area contributed by atoms with E-state index in [-0.39, 0.29) is 11.3 Å². The largest absolute Gasteiger partial charge is 0.573 e. The molecule has 0 spiro atoms. The lowest BCUT2D eigenvalue weighted by Crippen LogP contribution is -2.16. The van der Waals surface area contributed by atoms with E-state index in [0.717, 1.165) is 36.4 Å². The average Bonchev–Trinajstić information content (AvgIpc) is 2.35. The second kappa shape index (κ2) is 4.99. The van der Waals surface area contributed by atoms with Crippen molar-refractivity contribution < 1.29 is 26.7 Å². The van der Waals surface area contributed by atoms with Gasteiger partial charge >= 0.3 is 6.36 Å². The summed E-state index contributed by atoms with van der Waals surface area (Å²) >= 11 is 0. The van der Waals surface area contributed by atoms with Gasteiger partial charge in [0.05, 0.1) is 11.3 Å². The molecule has 0 atom stereocenters. The van der Waals surface area contributed by atoms with Crippen molar-refractivity contribution in [1.82, 2.24) is 0 Å². The van der Waals surface area contributed by atoms with Crippen molar-refractivity contribution in [2.24, 2.45) is 0 Å². The molecule has 106 valence electrons. The molecule has 20 heavy (non-hydrogen) atoms. The van der Waals surface area contributed by atoms with E-state index in [0.29, 0.717) is 0 Å². The second-order valence-corrected chi connectivity index (χ2v) is 3.90. The highest BCUT2D eigenvalue weighted by Gasteiger charge is 2.31. The van der Waals surface area contributed by atoms with E-state index in [4.69, 9.17) is 5.73 Å². The summed E-state index contributed by atoms with van der Waals surface area (Å²) in [4.78, 5) is 0. The van der Waals surface area contributed by atoms with Crippen LogP contribution < -0.4 is 10.5 Å². The second-order valence-electron chi connectivity index (χ2n) is 3.90. The standard InChI is InChI=1S/C13H8F5NO/c14-9-5-6-10(19)12(15)11(9)7-1-3-8(4-2-7)20-13(16,17)18/h1-6H,19H2. The summed E-state index contributed by atoms with van der Waals surface area (Å²) in [5.41, 5.74) is 4.73. The fourth-order valence-electron chi connectivity index (χ4n) is 1.66. The van der Waals surface area contributed by atoms with Gasteiger partial charge in [-0.1, -0.05) is 12.1 Å². The number of hydrogen-bond acceptors (Lipinski definition) is 2. The first-order valence-electron chi connectivity index (χ1n) is 5.37. The lowest BCUT2D eigenvalue weighted by Gasteiger charge is -2.10. The Hall–Kier alpha value is -2.31. The Labute approximate surface area is 110 Å². The van der Waals surface area contributed by atoms with Crippen molar-refractivity contribution in [2.45, 2.75) is 6.36 Å². The quantitative estimate of drug-likeness (QED) is 0.667. The smallest absolute Gasteiger partial charge is 0.406 e. The molecule has 0 bridgehead atoms. The molecule has 0 amide bonds. The third kappa shape index (κ3) is 2.98. The summed E-state index contributed by atoms with van der Waals surface area (Å²) in [5, 5.41) is 0. The minimum Gasteiger partial charge on any atom is -0.406 e. The van der Waals surface area contributed by atoms with Gasteiger partial charge in [0.2, 0.25) is 0 Å². The molecule has 0 saturated carbocycles. The Bertz CT molecular complexity index is 622. The highest BCUT2D eigenvalue weighted by atomic mass is 19.4. The fourth-order valence-corrected chi connectivity index (χ4v) is 1.66. The van der Waals surface area contributed by atoms with Crippen molar-refractivity contribution in [3.8, 4) is 16.9 Å². The summed E-state index contributed by atoms with van der Waals surface area (Å²) in [6, 6.07) is 6.20. The van der Waals surface area contributed by atoms with Crippen molar-refractivity contribution in [2.75, 3.05) is 5.73 Å². The fraction of sp³-hybridized carbons (Fsp3) is 0.0769. The number of anilines is 1. The molecule has 0 heterocycles. The average molecular weight is 289 g/mol. The molecule has 0 radical (unpaired) electrons. The highest BCUT2D eigenvalue weighted by molar-refractivity contribution is 5.69. The van der Waals surface area contributed by atoms with Crippen LogP contribution in [0.5, 0.6) is 5.75 Å². The SMILES string of the molecule is Nc1ccc(F)c(-c2ccc(OC(F)(F)F)cc2)c1F. The van der Waals surface area contributed by atoms with Crippen LogP contribution in [0.4, 0.5) is 27.6 Å². The monoisotopic (exact) mass is 289 g/mol. The third-order valence-electron chi connectivity index (χ3n) is 2.50. The summed E-state index contributed by atoms with van der Waals surface area (Å²) in [5.74, 6) is -2.30. The number of alkyl halides is 3. The number of ether oxygens (including phenoxy) is 1. The van der Waals surface area contributed by atoms with Crippen LogP contribution in [0, 0.1) is 11.6 Å². The van der Waals surface area contributed by atoms with Crippen molar-refractivity contribution in [1.29, 1.82) is 0 Å². The zero-order valence-corrected chi connectivity index (χ0v) is 9.84. The topological polar surface area (TPSA) is 35.2 Å². The molecule has 2 nitrogen and oxygen atoms in total. The van der Waals surface area contributed by atoms with Crippen molar-refractivity contribution in [3.63, 3.8) is 0 Å².